The van der Waals surface area contributed by atoms with E-state index in [9.17, 15) is 31.2 Å². The number of rotatable bonds is 5. The molecule has 0 unspecified atom stereocenters. The molecule has 1 saturated carbocycles. The van der Waals surface area contributed by atoms with Gasteiger partial charge in [0.1, 0.15) is 6.54 Å². The minimum atomic E-state index is -5.03. The van der Waals surface area contributed by atoms with Gasteiger partial charge in [-0.05, 0) is 43.0 Å². The molecule has 0 bridgehead atoms. The third-order valence-corrected chi connectivity index (χ3v) is 7.44. The Bertz CT molecular complexity index is 911. The number of carbonyl (C=O) groups excluding carboxylic acids is 2. The summed E-state index contributed by atoms with van der Waals surface area (Å²) in [5.74, 6) is -2.38. The lowest BCUT2D eigenvalue weighted by molar-refractivity contribution is -0.186. The average molecular weight is 476 g/mol. The number of piperazine rings is 1. The summed E-state index contributed by atoms with van der Waals surface area (Å²) in [6, 6.07) is 5.64. The normalized spacial score (nSPS) is 19.5. The van der Waals surface area contributed by atoms with Gasteiger partial charge in [0.2, 0.25) is 15.9 Å². The number of anilines is 1. The lowest BCUT2D eigenvalue weighted by Crippen LogP contribution is -2.55. The Morgan fingerprint density at radius 3 is 2.16 bits per heavy atom. The van der Waals surface area contributed by atoms with E-state index >= 15 is 0 Å². The molecule has 1 saturated heterocycles. The predicted molar refractivity (Wildman–Crippen MR) is 112 cm³/mol. The molecule has 2 fully saturated rings. The maximum absolute atomic E-state index is 12.7. The first-order valence-electron chi connectivity index (χ1n) is 10.8. The highest BCUT2D eigenvalue weighted by atomic mass is 32.2. The monoisotopic (exact) mass is 475 g/mol. The number of nitrogens with one attached hydrogen (secondary N) is 1. The molecule has 178 valence electrons. The number of hydrogen-bond acceptors (Lipinski definition) is 4. The number of benzene rings is 1. The molecule has 0 aromatic heterocycles. The summed E-state index contributed by atoms with van der Waals surface area (Å²) in [7, 11) is -3.71. The van der Waals surface area contributed by atoms with Crippen LogP contribution in [0.1, 0.15) is 44.9 Å². The lowest BCUT2D eigenvalue weighted by Gasteiger charge is -2.34. The van der Waals surface area contributed by atoms with E-state index in [-0.39, 0.29) is 18.0 Å². The molecule has 1 aromatic rings. The third kappa shape index (κ3) is 6.22. The number of hydrogen-bond donors (Lipinski definition) is 1. The molecule has 3 rings (SSSR count). The fourth-order valence-corrected chi connectivity index (χ4v) is 5.28. The van der Waals surface area contributed by atoms with E-state index in [1.807, 2.05) is 0 Å². The number of halogens is 3. The Hall–Kier alpha value is -2.14. The van der Waals surface area contributed by atoms with Crippen LogP contribution in [0.5, 0.6) is 0 Å². The summed E-state index contributed by atoms with van der Waals surface area (Å²) in [4.78, 5) is 25.4. The molecule has 11 heteroatoms. The fourth-order valence-electron chi connectivity index (χ4n) is 4.16. The third-order valence-electron chi connectivity index (χ3n) is 6.00. The van der Waals surface area contributed by atoms with E-state index in [4.69, 9.17) is 0 Å². The van der Waals surface area contributed by atoms with Crippen molar-refractivity contribution < 1.29 is 31.2 Å². The highest BCUT2D eigenvalue weighted by Crippen LogP contribution is 2.25. The van der Waals surface area contributed by atoms with E-state index in [1.165, 1.54) is 48.4 Å². The van der Waals surface area contributed by atoms with E-state index in [2.05, 4.69) is 4.72 Å². The van der Waals surface area contributed by atoms with E-state index in [0.29, 0.717) is 23.0 Å². The van der Waals surface area contributed by atoms with Crippen LogP contribution in [0.25, 0.3) is 0 Å². The van der Waals surface area contributed by atoms with Crippen molar-refractivity contribution >= 4 is 27.5 Å². The Kier molecular flexibility index (Phi) is 7.81. The maximum atomic E-state index is 12.7. The zero-order chi connectivity index (χ0) is 23.4. The van der Waals surface area contributed by atoms with Gasteiger partial charge >= 0.3 is 12.1 Å². The quantitative estimate of drug-likeness (QED) is 0.709. The van der Waals surface area contributed by atoms with Crippen molar-refractivity contribution in [1.82, 2.24) is 9.62 Å². The summed E-state index contributed by atoms with van der Waals surface area (Å²) in [5.41, 5.74) is 0.369. The van der Waals surface area contributed by atoms with E-state index in [0.717, 1.165) is 25.7 Å². The molecule has 0 radical (unpaired) electrons. The number of alkyl halides is 3. The summed E-state index contributed by atoms with van der Waals surface area (Å²) in [6.07, 6.45) is 2.80. The van der Waals surface area contributed by atoms with Crippen molar-refractivity contribution in [3.63, 3.8) is 0 Å². The second-order valence-corrected chi connectivity index (χ2v) is 10.1. The maximum Gasteiger partial charge on any atom is 0.471 e. The minimum Gasteiger partial charge on any atom is -0.324 e. The van der Waals surface area contributed by atoms with Gasteiger partial charge in [-0.1, -0.05) is 32.1 Å². The number of carbonyl (C=O) groups is 2. The van der Waals surface area contributed by atoms with Crippen molar-refractivity contribution in [3.05, 3.63) is 24.3 Å². The summed E-state index contributed by atoms with van der Waals surface area (Å²) in [6.45, 7) is -0.654. The Labute approximate surface area is 186 Å². The first kappa shape index (κ1) is 24.5. The van der Waals surface area contributed by atoms with Crippen molar-refractivity contribution in [3.8, 4) is 0 Å². The molecule has 0 atom stereocenters. The topological polar surface area (TPSA) is 86.8 Å². The first-order chi connectivity index (χ1) is 15.1. The van der Waals surface area contributed by atoms with Crippen molar-refractivity contribution in [2.75, 3.05) is 31.1 Å². The number of sulfonamides is 1. The second-order valence-electron chi connectivity index (χ2n) is 8.33. The van der Waals surface area contributed by atoms with Gasteiger partial charge in [-0.15, -0.1) is 0 Å². The van der Waals surface area contributed by atoms with Crippen LogP contribution in [0.4, 0.5) is 18.9 Å². The summed E-state index contributed by atoms with van der Waals surface area (Å²) >= 11 is 0. The van der Waals surface area contributed by atoms with Crippen LogP contribution in [0.15, 0.2) is 29.2 Å². The highest BCUT2D eigenvalue weighted by Gasteiger charge is 2.44. The zero-order valence-corrected chi connectivity index (χ0v) is 18.6. The number of nitrogens with zero attached hydrogens (tertiary/aromatic N) is 2. The Morgan fingerprint density at radius 1 is 1.00 bits per heavy atom. The fraction of sp³-hybridized carbons (Fsp3) is 0.619. The van der Waals surface area contributed by atoms with Gasteiger partial charge in [0.25, 0.3) is 0 Å². The largest absolute Gasteiger partial charge is 0.471 e. The summed E-state index contributed by atoms with van der Waals surface area (Å²) in [5, 5.41) is 0. The van der Waals surface area contributed by atoms with Gasteiger partial charge in [0.05, 0.1) is 4.90 Å². The zero-order valence-electron chi connectivity index (χ0n) is 17.7. The van der Waals surface area contributed by atoms with Gasteiger partial charge < -0.3 is 9.80 Å². The Balaban J connectivity index is 1.59. The van der Waals surface area contributed by atoms with Crippen LogP contribution in [0.3, 0.4) is 0 Å². The van der Waals surface area contributed by atoms with Gasteiger partial charge in [-0.25, -0.2) is 13.1 Å². The van der Waals surface area contributed by atoms with Crippen LogP contribution in [0, 0.1) is 5.92 Å². The molecule has 1 heterocycles. The smallest absolute Gasteiger partial charge is 0.324 e. The molecule has 1 aliphatic carbocycles. The van der Waals surface area contributed by atoms with Gasteiger partial charge in [-0.3, -0.25) is 9.59 Å². The minimum absolute atomic E-state index is 0.0606. The molecule has 1 aliphatic heterocycles. The van der Waals surface area contributed by atoms with Crippen LogP contribution in [-0.4, -0.2) is 57.5 Å². The molecule has 0 spiro atoms. The van der Waals surface area contributed by atoms with Crippen molar-refractivity contribution in [2.45, 2.75) is 56.0 Å². The molecular formula is C21H28F3N3O4S. The first-order valence-corrected chi connectivity index (χ1v) is 12.3. The lowest BCUT2D eigenvalue weighted by atomic mass is 9.91. The van der Waals surface area contributed by atoms with E-state index in [1.54, 1.807) is 0 Å². The molecular weight excluding hydrogens is 447 g/mol. The average Bonchev–Trinajstić information content (AvgIpc) is 2.72. The van der Waals surface area contributed by atoms with Gasteiger partial charge in [-0.2, -0.15) is 13.2 Å². The summed E-state index contributed by atoms with van der Waals surface area (Å²) < 4.78 is 65.7. The molecule has 7 nitrogen and oxygen atoms in total. The van der Waals surface area contributed by atoms with Crippen LogP contribution in [-0.2, 0) is 19.6 Å². The number of amides is 2. The molecule has 32 heavy (non-hydrogen) atoms. The van der Waals surface area contributed by atoms with Crippen LogP contribution >= 0.6 is 0 Å². The van der Waals surface area contributed by atoms with Crippen molar-refractivity contribution in [1.29, 1.82) is 0 Å². The second kappa shape index (κ2) is 10.2. The van der Waals surface area contributed by atoms with Gasteiger partial charge in [0, 0.05) is 25.3 Å². The SMILES string of the molecule is O=C1CN(C(=O)C(F)(F)F)CCN1c1ccc(S(=O)(=O)NCC2CCCCCCC2)cc1. The van der Waals surface area contributed by atoms with Crippen molar-refractivity contribution in [2.24, 2.45) is 5.92 Å². The molecule has 2 amide bonds. The predicted octanol–water partition coefficient (Wildman–Crippen LogP) is 3.06. The standard InChI is InChI=1S/C21H28F3N3O4S/c22-21(23,24)20(29)26-12-13-27(19(28)15-26)17-8-10-18(11-9-17)32(30,31)25-14-16-6-4-2-1-3-5-7-16/h8-11,16,25H,1-7,12-15H2. The molecule has 2 aliphatic rings. The van der Waals surface area contributed by atoms with Crippen LogP contribution in [0.2, 0.25) is 0 Å². The molecule has 1 N–H and O–H groups in total. The Morgan fingerprint density at radius 2 is 1.59 bits per heavy atom. The highest BCUT2D eigenvalue weighted by molar-refractivity contribution is 7.89. The van der Waals surface area contributed by atoms with Gasteiger partial charge in [0.15, 0.2) is 0 Å². The molecule has 1 aromatic carbocycles. The van der Waals surface area contributed by atoms with Crippen LogP contribution < -0.4 is 9.62 Å². The van der Waals surface area contributed by atoms with E-state index < -0.39 is 34.6 Å².